The van der Waals surface area contributed by atoms with Crippen LogP contribution in [-0.4, -0.2) is 21.0 Å². The van der Waals surface area contributed by atoms with Crippen LogP contribution in [0.3, 0.4) is 0 Å². The van der Waals surface area contributed by atoms with E-state index in [4.69, 9.17) is 39.5 Å². The second kappa shape index (κ2) is 8.77. The highest BCUT2D eigenvalue weighted by Crippen LogP contribution is 2.25. The van der Waals surface area contributed by atoms with Crippen LogP contribution < -0.4 is 5.32 Å². The third-order valence-corrected chi connectivity index (χ3v) is 5.57. The zero-order valence-electron chi connectivity index (χ0n) is 13.5. The zero-order valence-corrected chi connectivity index (χ0v) is 16.6. The molecule has 0 aliphatic heterocycles. The minimum atomic E-state index is -4.13. The van der Waals surface area contributed by atoms with Crippen LogP contribution in [0.2, 0.25) is 15.1 Å². The normalized spacial score (nSPS) is 11.9. The Balaban J connectivity index is 2.45. The molecule has 0 aliphatic carbocycles. The fourth-order valence-corrected chi connectivity index (χ4v) is 3.87. The molecule has 0 aromatic heterocycles. The van der Waals surface area contributed by atoms with Gasteiger partial charge in [-0.1, -0.05) is 34.8 Å². The molecule has 0 bridgehead atoms. The van der Waals surface area contributed by atoms with Crippen LogP contribution in [0.15, 0.2) is 58.5 Å². The monoisotopic (exact) mass is 433 g/mol. The van der Waals surface area contributed by atoms with Crippen molar-refractivity contribution in [3.05, 3.63) is 68.6 Å². The summed E-state index contributed by atoms with van der Waals surface area (Å²) in [5.41, 5.74) is 0.413. The fourth-order valence-electron chi connectivity index (χ4n) is 1.98. The molecule has 0 fully saturated rings. The first-order chi connectivity index (χ1) is 12.2. The van der Waals surface area contributed by atoms with E-state index in [1.165, 1.54) is 42.5 Å². The number of hydrogen-bond donors (Lipinski definition) is 1. The molecular formula is C17H14Cl3NO4S. The lowest BCUT2D eigenvalue weighted by Crippen LogP contribution is -2.18. The summed E-state index contributed by atoms with van der Waals surface area (Å²) in [5.74, 6) is -0.983. The molecule has 0 amide bonds. The number of esters is 1. The Kier molecular flexibility index (Phi) is 6.94. The number of rotatable bonds is 6. The molecule has 2 aromatic carbocycles. The average Bonchev–Trinajstić information content (AvgIpc) is 2.54. The van der Waals surface area contributed by atoms with Gasteiger partial charge in [0, 0.05) is 27.0 Å². The van der Waals surface area contributed by atoms with Crippen LogP contribution in [0.25, 0.3) is 0 Å². The summed E-state index contributed by atoms with van der Waals surface area (Å²) in [6.45, 7) is 1.60. The van der Waals surface area contributed by atoms with Gasteiger partial charge in [0.25, 0.3) is 0 Å². The highest BCUT2D eigenvalue weighted by Gasteiger charge is 2.28. The van der Waals surface area contributed by atoms with Crippen molar-refractivity contribution >= 4 is 56.3 Å². The lowest BCUT2D eigenvalue weighted by molar-refractivity contribution is -0.137. The first kappa shape index (κ1) is 20.6. The van der Waals surface area contributed by atoms with E-state index in [1.807, 2.05) is 0 Å². The van der Waals surface area contributed by atoms with Crippen molar-refractivity contribution in [3.63, 3.8) is 0 Å². The van der Waals surface area contributed by atoms with Crippen LogP contribution in [-0.2, 0) is 19.4 Å². The second-order valence-corrected chi connectivity index (χ2v) is 8.22. The van der Waals surface area contributed by atoms with Gasteiger partial charge in [-0.25, -0.2) is 13.2 Å². The number of ether oxygens (including phenoxy) is 1. The van der Waals surface area contributed by atoms with Gasteiger partial charge in [0.15, 0.2) is 4.91 Å². The summed E-state index contributed by atoms with van der Waals surface area (Å²) in [4.78, 5) is 11.5. The van der Waals surface area contributed by atoms with E-state index in [0.717, 1.165) is 6.20 Å². The third kappa shape index (κ3) is 5.14. The quantitative estimate of drug-likeness (QED) is 0.515. The molecule has 5 nitrogen and oxygen atoms in total. The van der Waals surface area contributed by atoms with Crippen molar-refractivity contribution in [2.24, 2.45) is 0 Å². The maximum atomic E-state index is 12.8. The summed E-state index contributed by atoms with van der Waals surface area (Å²) in [5, 5.41) is 3.80. The minimum Gasteiger partial charge on any atom is -0.462 e. The molecule has 26 heavy (non-hydrogen) atoms. The summed E-state index contributed by atoms with van der Waals surface area (Å²) in [7, 11) is -4.13. The van der Waals surface area contributed by atoms with Gasteiger partial charge in [0.1, 0.15) is 0 Å². The van der Waals surface area contributed by atoms with Gasteiger partial charge in [-0.2, -0.15) is 0 Å². The molecule has 0 radical (unpaired) electrons. The summed E-state index contributed by atoms with van der Waals surface area (Å²) < 4.78 is 30.5. The third-order valence-electron chi connectivity index (χ3n) is 3.12. The van der Waals surface area contributed by atoms with Gasteiger partial charge in [-0.15, -0.1) is 0 Å². The van der Waals surface area contributed by atoms with Gasteiger partial charge in [0.05, 0.1) is 11.5 Å². The highest BCUT2D eigenvalue weighted by atomic mass is 35.5. The average molecular weight is 435 g/mol. The van der Waals surface area contributed by atoms with E-state index in [9.17, 15) is 13.2 Å². The molecule has 0 unspecified atom stereocenters. The summed E-state index contributed by atoms with van der Waals surface area (Å²) in [6.07, 6.45) is 1.05. The van der Waals surface area contributed by atoms with E-state index >= 15 is 0 Å². The Morgan fingerprint density at radius 3 is 2.15 bits per heavy atom. The molecule has 0 heterocycles. The number of nitrogens with one attached hydrogen (secondary N) is 1. The molecule has 1 N–H and O–H groups in total. The van der Waals surface area contributed by atoms with Crippen molar-refractivity contribution in [1.82, 2.24) is 0 Å². The first-order valence-electron chi connectivity index (χ1n) is 7.34. The van der Waals surface area contributed by atoms with Crippen molar-refractivity contribution < 1.29 is 17.9 Å². The van der Waals surface area contributed by atoms with Crippen molar-refractivity contribution in [1.29, 1.82) is 0 Å². The SMILES string of the molecule is CCOC(=O)C(=CNc1cc(Cl)cc(Cl)c1)S(=O)(=O)c1ccc(Cl)cc1. The topological polar surface area (TPSA) is 72.5 Å². The zero-order chi connectivity index (χ0) is 19.3. The van der Waals surface area contributed by atoms with Crippen LogP contribution in [0, 0.1) is 0 Å². The number of carbonyl (C=O) groups excluding carboxylic acids is 1. The van der Waals surface area contributed by atoms with E-state index in [0.29, 0.717) is 20.8 Å². The molecule has 9 heteroatoms. The molecule has 138 valence electrons. The van der Waals surface area contributed by atoms with Crippen LogP contribution in [0.4, 0.5) is 5.69 Å². The van der Waals surface area contributed by atoms with Crippen molar-refractivity contribution in [2.45, 2.75) is 11.8 Å². The Morgan fingerprint density at radius 1 is 1.04 bits per heavy atom. The molecule has 2 aromatic rings. The van der Waals surface area contributed by atoms with Gasteiger partial charge in [-0.05, 0) is 49.4 Å². The summed E-state index contributed by atoms with van der Waals surface area (Å²) in [6, 6.07) is 10.0. The Bertz CT molecular complexity index is 921. The Morgan fingerprint density at radius 2 is 1.62 bits per heavy atom. The van der Waals surface area contributed by atoms with Gasteiger partial charge in [-0.3, -0.25) is 0 Å². The maximum absolute atomic E-state index is 12.8. The fraction of sp³-hybridized carbons (Fsp3) is 0.118. The Hall–Kier alpha value is -1.73. The lowest BCUT2D eigenvalue weighted by Gasteiger charge is -2.10. The van der Waals surface area contributed by atoms with E-state index in [-0.39, 0.29) is 11.5 Å². The van der Waals surface area contributed by atoms with Gasteiger partial charge >= 0.3 is 5.97 Å². The van der Waals surface area contributed by atoms with E-state index in [2.05, 4.69) is 5.32 Å². The predicted molar refractivity (Wildman–Crippen MR) is 103 cm³/mol. The van der Waals surface area contributed by atoms with Gasteiger partial charge < -0.3 is 10.1 Å². The predicted octanol–water partition coefficient (Wildman–Crippen LogP) is 4.94. The number of sulfone groups is 1. The molecule has 0 saturated carbocycles. The molecule has 0 spiro atoms. The van der Waals surface area contributed by atoms with E-state index < -0.39 is 20.7 Å². The van der Waals surface area contributed by atoms with E-state index in [1.54, 1.807) is 6.92 Å². The molecular weight excluding hydrogens is 421 g/mol. The largest absolute Gasteiger partial charge is 0.462 e. The smallest absolute Gasteiger partial charge is 0.351 e. The lowest BCUT2D eigenvalue weighted by atomic mass is 10.3. The number of hydrogen-bond acceptors (Lipinski definition) is 5. The minimum absolute atomic E-state index is 0.0231. The summed E-state index contributed by atoms with van der Waals surface area (Å²) >= 11 is 17.6. The van der Waals surface area contributed by atoms with Crippen molar-refractivity contribution in [2.75, 3.05) is 11.9 Å². The maximum Gasteiger partial charge on any atom is 0.351 e. The number of benzene rings is 2. The highest BCUT2D eigenvalue weighted by molar-refractivity contribution is 7.96. The molecule has 0 saturated heterocycles. The second-order valence-electron chi connectivity index (χ2n) is 4.99. The number of carbonyl (C=O) groups is 1. The van der Waals surface area contributed by atoms with Gasteiger partial charge in [0.2, 0.25) is 9.84 Å². The molecule has 0 atom stereocenters. The number of halogens is 3. The standard InChI is InChI=1S/C17H14Cl3NO4S/c1-2-25-17(22)16(10-21-14-8-12(19)7-13(20)9-14)26(23,24)15-5-3-11(18)4-6-15/h3-10,21H,2H2,1H3. The Labute approximate surface area is 166 Å². The first-order valence-corrected chi connectivity index (χ1v) is 9.96. The van der Waals surface area contributed by atoms with Crippen LogP contribution in [0.1, 0.15) is 6.92 Å². The van der Waals surface area contributed by atoms with Crippen LogP contribution >= 0.6 is 34.8 Å². The van der Waals surface area contributed by atoms with Crippen molar-refractivity contribution in [3.8, 4) is 0 Å². The molecule has 0 aliphatic rings. The molecule has 2 rings (SSSR count). The number of anilines is 1. The van der Waals surface area contributed by atoms with Crippen LogP contribution in [0.5, 0.6) is 0 Å².